The highest BCUT2D eigenvalue weighted by Gasteiger charge is 2.31. The maximum Gasteiger partial charge on any atom is 0.407 e. The van der Waals surface area contributed by atoms with E-state index in [1.807, 2.05) is 20.8 Å². The second-order valence-electron chi connectivity index (χ2n) is 6.88. The molecule has 2 atom stereocenters. The van der Waals surface area contributed by atoms with Gasteiger partial charge in [-0.3, -0.25) is 4.90 Å². The fourth-order valence-electron chi connectivity index (χ4n) is 2.84. The molecule has 122 valence electrons. The van der Waals surface area contributed by atoms with Crippen molar-refractivity contribution in [2.24, 2.45) is 0 Å². The van der Waals surface area contributed by atoms with Gasteiger partial charge in [0, 0.05) is 32.2 Å². The Labute approximate surface area is 127 Å². The van der Waals surface area contributed by atoms with Crippen LogP contribution in [-0.4, -0.2) is 68.1 Å². The van der Waals surface area contributed by atoms with E-state index in [0.29, 0.717) is 12.6 Å². The molecule has 6 nitrogen and oxygen atoms in total. The van der Waals surface area contributed by atoms with Crippen molar-refractivity contribution in [2.45, 2.75) is 51.4 Å². The Morgan fingerprint density at radius 2 is 2.19 bits per heavy atom. The number of fused-ring (bicyclic) bond motifs is 1. The van der Waals surface area contributed by atoms with Gasteiger partial charge in [-0.25, -0.2) is 4.79 Å². The van der Waals surface area contributed by atoms with Crippen molar-refractivity contribution in [2.75, 3.05) is 39.3 Å². The summed E-state index contributed by atoms with van der Waals surface area (Å²) >= 11 is 0. The first-order valence-electron chi connectivity index (χ1n) is 7.97. The molecule has 1 amide bonds. The molecule has 0 aromatic heterocycles. The largest absolute Gasteiger partial charge is 0.444 e. The van der Waals surface area contributed by atoms with Crippen LogP contribution in [0.2, 0.25) is 0 Å². The lowest BCUT2D eigenvalue weighted by Gasteiger charge is -2.35. The van der Waals surface area contributed by atoms with Crippen molar-refractivity contribution in [3.05, 3.63) is 0 Å². The fourth-order valence-corrected chi connectivity index (χ4v) is 2.84. The number of nitrogens with one attached hydrogen (secondary N) is 2. The van der Waals surface area contributed by atoms with Gasteiger partial charge in [0.25, 0.3) is 0 Å². The zero-order valence-electron chi connectivity index (χ0n) is 13.5. The number of amides is 1. The third kappa shape index (κ3) is 5.80. The number of alkyl carbamates (subject to hydrolysis) is 1. The van der Waals surface area contributed by atoms with Gasteiger partial charge in [-0.15, -0.1) is 0 Å². The van der Waals surface area contributed by atoms with Crippen LogP contribution in [0.5, 0.6) is 0 Å². The summed E-state index contributed by atoms with van der Waals surface area (Å²) in [5.74, 6) is 0. The van der Waals surface area contributed by atoms with Crippen molar-refractivity contribution in [3.8, 4) is 0 Å². The Bertz CT molecular complexity index is 344. The van der Waals surface area contributed by atoms with Gasteiger partial charge in [-0.2, -0.15) is 0 Å². The molecule has 0 spiro atoms. The third-order valence-corrected chi connectivity index (χ3v) is 3.80. The van der Waals surface area contributed by atoms with Gasteiger partial charge < -0.3 is 20.1 Å². The van der Waals surface area contributed by atoms with Crippen molar-refractivity contribution >= 4 is 6.09 Å². The first-order chi connectivity index (χ1) is 9.94. The van der Waals surface area contributed by atoms with Crippen LogP contribution in [0.3, 0.4) is 0 Å². The monoisotopic (exact) mass is 299 g/mol. The van der Waals surface area contributed by atoms with Gasteiger partial charge in [-0.05, 0) is 40.2 Å². The van der Waals surface area contributed by atoms with E-state index in [2.05, 4.69) is 15.5 Å². The summed E-state index contributed by atoms with van der Waals surface area (Å²) in [7, 11) is 0. The molecule has 2 heterocycles. The topological polar surface area (TPSA) is 62.8 Å². The maximum absolute atomic E-state index is 11.5. The summed E-state index contributed by atoms with van der Waals surface area (Å²) in [6.07, 6.45) is 2.48. The Morgan fingerprint density at radius 1 is 1.38 bits per heavy atom. The second-order valence-corrected chi connectivity index (χ2v) is 6.88. The van der Waals surface area contributed by atoms with Crippen LogP contribution in [0.4, 0.5) is 4.79 Å². The number of carbonyl (C=O) groups is 1. The van der Waals surface area contributed by atoms with E-state index in [4.69, 9.17) is 9.47 Å². The Morgan fingerprint density at radius 3 is 2.95 bits per heavy atom. The van der Waals surface area contributed by atoms with Crippen molar-refractivity contribution in [3.63, 3.8) is 0 Å². The number of carbonyl (C=O) groups excluding carboxylic acids is 1. The zero-order valence-corrected chi connectivity index (χ0v) is 13.5. The molecule has 0 radical (unpaired) electrons. The number of nitrogens with zero attached hydrogens (tertiary/aromatic N) is 1. The molecule has 0 aromatic carbocycles. The Kier molecular flexibility index (Phi) is 5.84. The number of morpholine rings is 1. The number of hydrogen-bond donors (Lipinski definition) is 2. The summed E-state index contributed by atoms with van der Waals surface area (Å²) in [4.78, 5) is 14.0. The van der Waals surface area contributed by atoms with E-state index in [0.717, 1.165) is 26.2 Å². The Balaban J connectivity index is 1.51. The minimum Gasteiger partial charge on any atom is -0.444 e. The minimum absolute atomic E-state index is 0.265. The maximum atomic E-state index is 11.5. The predicted molar refractivity (Wildman–Crippen MR) is 81.4 cm³/mol. The standard InChI is InChI=1S/C15H29N3O3/c1-15(2,3)21-14(19)17-7-6-16-9-13-10-18-8-4-5-12(18)11-20-13/h12-13,16H,4-11H2,1-3H3,(H,17,19). The molecule has 2 aliphatic rings. The highest BCUT2D eigenvalue weighted by molar-refractivity contribution is 5.67. The summed E-state index contributed by atoms with van der Waals surface area (Å²) in [6.45, 7) is 10.8. The molecule has 0 bridgehead atoms. The van der Waals surface area contributed by atoms with Gasteiger partial charge in [-0.1, -0.05) is 0 Å². The molecule has 6 heteroatoms. The van der Waals surface area contributed by atoms with Gasteiger partial charge >= 0.3 is 6.09 Å². The Hall–Kier alpha value is -0.850. The second kappa shape index (κ2) is 7.42. The van der Waals surface area contributed by atoms with Gasteiger partial charge in [0.15, 0.2) is 0 Å². The highest BCUT2D eigenvalue weighted by Crippen LogP contribution is 2.22. The molecule has 0 saturated carbocycles. The molecule has 0 aliphatic carbocycles. The summed E-state index contributed by atoms with van der Waals surface area (Å²) in [5.41, 5.74) is -0.445. The summed E-state index contributed by atoms with van der Waals surface area (Å²) < 4.78 is 11.0. The predicted octanol–water partition coefficient (Wildman–Crippen LogP) is 0.964. The molecule has 2 N–H and O–H groups in total. The van der Waals surface area contributed by atoms with Crippen LogP contribution < -0.4 is 10.6 Å². The lowest BCUT2D eigenvalue weighted by atomic mass is 10.2. The van der Waals surface area contributed by atoms with Crippen LogP contribution in [-0.2, 0) is 9.47 Å². The molecule has 21 heavy (non-hydrogen) atoms. The number of hydrogen-bond acceptors (Lipinski definition) is 5. The molecule has 2 saturated heterocycles. The SMILES string of the molecule is CC(C)(C)OC(=O)NCCNCC1CN2CCCC2CO1. The summed E-state index contributed by atoms with van der Waals surface area (Å²) in [5, 5.41) is 6.07. The van der Waals surface area contributed by atoms with E-state index >= 15 is 0 Å². The fraction of sp³-hybridized carbons (Fsp3) is 0.933. The van der Waals surface area contributed by atoms with E-state index < -0.39 is 5.60 Å². The van der Waals surface area contributed by atoms with E-state index in [9.17, 15) is 4.79 Å². The first kappa shape index (κ1) is 16.5. The molecule has 2 aliphatic heterocycles. The van der Waals surface area contributed by atoms with Crippen molar-refractivity contribution in [1.82, 2.24) is 15.5 Å². The quantitative estimate of drug-likeness (QED) is 0.741. The van der Waals surface area contributed by atoms with Crippen molar-refractivity contribution in [1.29, 1.82) is 0 Å². The van der Waals surface area contributed by atoms with Crippen LogP contribution in [0.1, 0.15) is 33.6 Å². The van der Waals surface area contributed by atoms with Gasteiger partial charge in [0.05, 0.1) is 12.7 Å². The number of rotatable bonds is 5. The van der Waals surface area contributed by atoms with E-state index in [1.54, 1.807) is 0 Å². The highest BCUT2D eigenvalue weighted by atomic mass is 16.6. The third-order valence-electron chi connectivity index (χ3n) is 3.80. The summed E-state index contributed by atoms with van der Waals surface area (Å²) in [6, 6.07) is 0.648. The molecule has 2 fully saturated rings. The first-order valence-corrected chi connectivity index (χ1v) is 7.97. The normalized spacial score (nSPS) is 26.4. The van der Waals surface area contributed by atoms with Crippen LogP contribution in [0.25, 0.3) is 0 Å². The van der Waals surface area contributed by atoms with E-state index in [1.165, 1.54) is 19.4 Å². The van der Waals surface area contributed by atoms with Crippen molar-refractivity contribution < 1.29 is 14.3 Å². The molecular formula is C15H29N3O3. The number of ether oxygens (including phenoxy) is 2. The zero-order chi connectivity index (χ0) is 15.3. The van der Waals surface area contributed by atoms with Crippen LogP contribution in [0.15, 0.2) is 0 Å². The van der Waals surface area contributed by atoms with Gasteiger partial charge in [0.2, 0.25) is 0 Å². The van der Waals surface area contributed by atoms with Gasteiger partial charge in [0.1, 0.15) is 5.60 Å². The van der Waals surface area contributed by atoms with Crippen LogP contribution >= 0.6 is 0 Å². The molecule has 2 rings (SSSR count). The smallest absolute Gasteiger partial charge is 0.407 e. The van der Waals surface area contributed by atoms with E-state index in [-0.39, 0.29) is 12.2 Å². The van der Waals surface area contributed by atoms with Crippen LogP contribution in [0, 0.1) is 0 Å². The average molecular weight is 299 g/mol. The lowest BCUT2D eigenvalue weighted by Crippen LogP contribution is -2.50. The molecule has 0 aromatic rings. The molecule has 2 unspecified atom stereocenters. The minimum atomic E-state index is -0.445. The molecular weight excluding hydrogens is 270 g/mol. The lowest BCUT2D eigenvalue weighted by molar-refractivity contribution is -0.0468. The average Bonchev–Trinajstić information content (AvgIpc) is 2.83.